The Morgan fingerprint density at radius 3 is 2.60 bits per heavy atom. The molecule has 0 atom stereocenters. The largest absolute Gasteiger partial charge is 0.455 e. The standard InChI is InChI=1S/C19H19FN6O4/c1-11-15(12(2)26-19(24-11)22-10-23-26)7-18(29)30-9-17(28)21-8-16(27)25-14-5-3-13(20)4-6-14/h3-6,10H,7-9H2,1-2H3,(H,21,28)(H,25,27). The molecule has 0 spiro atoms. The SMILES string of the molecule is Cc1nc2ncnn2c(C)c1CC(=O)OCC(=O)NCC(=O)Nc1ccc(F)cc1. The number of esters is 1. The number of hydrogen-bond acceptors (Lipinski definition) is 7. The Bertz CT molecular complexity index is 1100. The van der Waals surface area contributed by atoms with Crippen molar-refractivity contribution in [1.82, 2.24) is 24.9 Å². The number of nitrogens with one attached hydrogen (secondary N) is 2. The van der Waals surface area contributed by atoms with Crippen LogP contribution >= 0.6 is 0 Å². The smallest absolute Gasteiger partial charge is 0.310 e. The van der Waals surface area contributed by atoms with Gasteiger partial charge in [-0.3, -0.25) is 14.4 Å². The predicted molar refractivity (Wildman–Crippen MR) is 103 cm³/mol. The van der Waals surface area contributed by atoms with E-state index in [-0.39, 0.29) is 13.0 Å². The summed E-state index contributed by atoms with van der Waals surface area (Å²) >= 11 is 0. The third-order valence-corrected chi connectivity index (χ3v) is 4.25. The van der Waals surface area contributed by atoms with Crippen LogP contribution in [0.4, 0.5) is 10.1 Å². The van der Waals surface area contributed by atoms with Crippen LogP contribution in [-0.4, -0.2) is 50.5 Å². The minimum absolute atomic E-state index is 0.0845. The van der Waals surface area contributed by atoms with Crippen molar-refractivity contribution in [1.29, 1.82) is 0 Å². The summed E-state index contributed by atoms with van der Waals surface area (Å²) in [5.41, 5.74) is 2.35. The molecule has 0 saturated heterocycles. The number of nitrogens with zero attached hydrogens (tertiary/aromatic N) is 4. The molecular weight excluding hydrogens is 395 g/mol. The van der Waals surface area contributed by atoms with Gasteiger partial charge in [-0.25, -0.2) is 13.9 Å². The lowest BCUT2D eigenvalue weighted by molar-refractivity contribution is -0.147. The summed E-state index contributed by atoms with van der Waals surface area (Å²) in [6.45, 7) is 2.68. The number of aryl methyl sites for hydroxylation is 2. The van der Waals surface area contributed by atoms with Crippen LogP contribution in [0.25, 0.3) is 5.78 Å². The zero-order valence-corrected chi connectivity index (χ0v) is 16.3. The van der Waals surface area contributed by atoms with Crippen molar-refractivity contribution in [3.63, 3.8) is 0 Å². The molecule has 2 heterocycles. The van der Waals surface area contributed by atoms with E-state index in [1.807, 2.05) is 0 Å². The highest BCUT2D eigenvalue weighted by Gasteiger charge is 2.16. The van der Waals surface area contributed by atoms with Crippen molar-refractivity contribution in [2.75, 3.05) is 18.5 Å². The average molecular weight is 414 g/mol. The Morgan fingerprint density at radius 1 is 1.13 bits per heavy atom. The fourth-order valence-corrected chi connectivity index (χ4v) is 2.72. The van der Waals surface area contributed by atoms with E-state index in [1.54, 1.807) is 13.8 Å². The summed E-state index contributed by atoms with van der Waals surface area (Å²) in [5, 5.41) is 8.89. The maximum Gasteiger partial charge on any atom is 0.310 e. The van der Waals surface area contributed by atoms with Gasteiger partial charge < -0.3 is 15.4 Å². The second-order valence-corrected chi connectivity index (χ2v) is 6.40. The quantitative estimate of drug-likeness (QED) is 0.545. The highest BCUT2D eigenvalue weighted by molar-refractivity contribution is 5.94. The monoisotopic (exact) mass is 414 g/mol. The zero-order chi connectivity index (χ0) is 21.7. The predicted octanol–water partition coefficient (Wildman–Crippen LogP) is 0.721. The van der Waals surface area contributed by atoms with E-state index < -0.39 is 30.2 Å². The zero-order valence-electron chi connectivity index (χ0n) is 16.3. The molecular formula is C19H19FN6O4. The first-order chi connectivity index (χ1) is 14.3. The number of halogens is 1. The third kappa shape index (κ3) is 5.13. The van der Waals surface area contributed by atoms with Crippen LogP contribution in [0, 0.1) is 19.7 Å². The number of aromatic nitrogens is 4. The Kier molecular flexibility index (Phi) is 6.30. The molecule has 0 radical (unpaired) electrons. The average Bonchev–Trinajstić information content (AvgIpc) is 3.18. The summed E-state index contributed by atoms with van der Waals surface area (Å²) in [6, 6.07) is 5.19. The van der Waals surface area contributed by atoms with E-state index in [0.29, 0.717) is 28.4 Å². The molecule has 156 valence electrons. The van der Waals surface area contributed by atoms with Gasteiger partial charge in [-0.05, 0) is 38.1 Å². The van der Waals surface area contributed by atoms with Gasteiger partial charge in [0, 0.05) is 22.6 Å². The first-order valence-corrected chi connectivity index (χ1v) is 8.97. The number of benzene rings is 1. The lowest BCUT2D eigenvalue weighted by atomic mass is 10.1. The van der Waals surface area contributed by atoms with Gasteiger partial charge in [-0.15, -0.1) is 0 Å². The van der Waals surface area contributed by atoms with Gasteiger partial charge in [-0.2, -0.15) is 10.1 Å². The number of amides is 2. The van der Waals surface area contributed by atoms with Gasteiger partial charge in [-0.1, -0.05) is 0 Å². The van der Waals surface area contributed by atoms with E-state index in [1.165, 1.54) is 35.1 Å². The van der Waals surface area contributed by atoms with E-state index in [0.717, 1.165) is 0 Å². The highest BCUT2D eigenvalue weighted by Crippen LogP contribution is 2.14. The molecule has 2 aromatic heterocycles. The summed E-state index contributed by atoms with van der Waals surface area (Å²) in [6.07, 6.45) is 1.28. The number of ether oxygens (including phenoxy) is 1. The lowest BCUT2D eigenvalue weighted by Gasteiger charge is -2.10. The van der Waals surface area contributed by atoms with E-state index in [2.05, 4.69) is 25.7 Å². The van der Waals surface area contributed by atoms with Gasteiger partial charge in [0.2, 0.25) is 5.91 Å². The first-order valence-electron chi connectivity index (χ1n) is 8.97. The molecule has 10 nitrogen and oxygen atoms in total. The summed E-state index contributed by atoms with van der Waals surface area (Å²) in [5.74, 6) is -1.74. The van der Waals surface area contributed by atoms with Crippen LogP contribution in [0.5, 0.6) is 0 Å². The molecule has 0 saturated carbocycles. The van der Waals surface area contributed by atoms with Crippen LogP contribution in [0.2, 0.25) is 0 Å². The number of rotatable bonds is 7. The summed E-state index contributed by atoms with van der Waals surface area (Å²) < 4.78 is 19.3. The van der Waals surface area contributed by atoms with Gasteiger partial charge in [0.05, 0.1) is 13.0 Å². The van der Waals surface area contributed by atoms with Crippen molar-refractivity contribution in [2.24, 2.45) is 0 Å². The maximum atomic E-state index is 12.8. The van der Waals surface area contributed by atoms with Gasteiger partial charge >= 0.3 is 5.97 Å². The van der Waals surface area contributed by atoms with Gasteiger partial charge in [0.25, 0.3) is 11.7 Å². The van der Waals surface area contributed by atoms with Crippen molar-refractivity contribution >= 4 is 29.2 Å². The second kappa shape index (κ2) is 9.07. The van der Waals surface area contributed by atoms with Crippen molar-refractivity contribution in [3.8, 4) is 0 Å². The molecule has 2 N–H and O–H groups in total. The minimum Gasteiger partial charge on any atom is -0.455 e. The van der Waals surface area contributed by atoms with Crippen LogP contribution in [0.15, 0.2) is 30.6 Å². The molecule has 0 aliphatic carbocycles. The number of hydrogen-bond donors (Lipinski definition) is 2. The van der Waals surface area contributed by atoms with Crippen LogP contribution in [0.3, 0.4) is 0 Å². The Labute approximate surface area is 170 Å². The highest BCUT2D eigenvalue weighted by atomic mass is 19.1. The van der Waals surface area contributed by atoms with Gasteiger partial charge in [0.1, 0.15) is 12.1 Å². The van der Waals surface area contributed by atoms with Crippen LogP contribution < -0.4 is 10.6 Å². The molecule has 3 rings (SSSR count). The molecule has 2 amide bonds. The molecule has 0 fully saturated rings. The van der Waals surface area contributed by atoms with E-state index in [9.17, 15) is 18.8 Å². The third-order valence-electron chi connectivity index (χ3n) is 4.25. The van der Waals surface area contributed by atoms with Crippen molar-refractivity contribution in [3.05, 3.63) is 53.4 Å². The molecule has 11 heteroatoms. The number of carbonyl (C=O) groups is 3. The van der Waals surface area contributed by atoms with Crippen LogP contribution in [0.1, 0.15) is 17.0 Å². The van der Waals surface area contributed by atoms with E-state index >= 15 is 0 Å². The summed E-state index contributed by atoms with van der Waals surface area (Å²) in [7, 11) is 0. The number of carbonyl (C=O) groups excluding carboxylic acids is 3. The lowest BCUT2D eigenvalue weighted by Crippen LogP contribution is -2.35. The molecule has 0 aliphatic rings. The second-order valence-electron chi connectivity index (χ2n) is 6.40. The van der Waals surface area contributed by atoms with Gasteiger partial charge in [0.15, 0.2) is 6.61 Å². The normalized spacial score (nSPS) is 10.6. The fourth-order valence-electron chi connectivity index (χ4n) is 2.72. The Morgan fingerprint density at radius 2 is 1.87 bits per heavy atom. The fraction of sp³-hybridized carbons (Fsp3) is 0.263. The van der Waals surface area contributed by atoms with Crippen molar-refractivity contribution in [2.45, 2.75) is 20.3 Å². The Hall–Kier alpha value is -3.89. The number of fused-ring (bicyclic) bond motifs is 1. The minimum atomic E-state index is -0.629. The molecule has 30 heavy (non-hydrogen) atoms. The van der Waals surface area contributed by atoms with Crippen molar-refractivity contribution < 1.29 is 23.5 Å². The summed E-state index contributed by atoms with van der Waals surface area (Å²) in [4.78, 5) is 44.0. The molecule has 0 unspecified atom stereocenters. The molecule has 1 aromatic carbocycles. The topological polar surface area (TPSA) is 128 Å². The Balaban J connectivity index is 1.45. The molecule has 3 aromatic rings. The van der Waals surface area contributed by atoms with Crippen LogP contribution in [-0.2, 0) is 25.5 Å². The van der Waals surface area contributed by atoms with E-state index in [4.69, 9.17) is 4.74 Å². The number of anilines is 1. The molecule has 0 bridgehead atoms. The first kappa shape index (κ1) is 20.8. The molecule has 0 aliphatic heterocycles. The maximum absolute atomic E-state index is 12.8.